The van der Waals surface area contributed by atoms with Crippen LogP contribution in [0.1, 0.15) is 134 Å². The maximum atomic E-state index is 13.3. The van der Waals surface area contributed by atoms with Gasteiger partial charge in [-0.3, -0.25) is 52.7 Å². The first-order valence-electron chi connectivity index (χ1n) is 40.0. The van der Waals surface area contributed by atoms with Crippen LogP contribution in [0.3, 0.4) is 0 Å². The Morgan fingerprint density at radius 1 is 0.508 bits per heavy atom. The molecular weight excluding hydrogens is 1560 g/mol. The number of carbonyl (C=O) groups is 11. The minimum Gasteiger partial charge on any atom is -0.392 e. The van der Waals surface area contributed by atoms with Crippen molar-refractivity contribution >= 4 is 105 Å². The Morgan fingerprint density at radius 3 is 1.45 bits per heavy atom. The Balaban J connectivity index is 0.483. The molecule has 1 atom stereocenters. The fourth-order valence-corrected chi connectivity index (χ4v) is 13.5. The minimum absolute atomic E-state index is 0.00794. The number of fused-ring (bicyclic) bond motifs is 1. The summed E-state index contributed by atoms with van der Waals surface area (Å²) < 4.78 is 35.1. The summed E-state index contributed by atoms with van der Waals surface area (Å²) in [7, 11) is 9.82. The van der Waals surface area contributed by atoms with E-state index in [0.29, 0.717) is 104 Å². The average Bonchev–Trinajstić information content (AvgIpc) is 1.34. The number of imidazole rings is 5. The molecule has 0 unspecified atom stereocenters. The summed E-state index contributed by atoms with van der Waals surface area (Å²) in [5, 5.41) is 34.1. The molecule has 11 amide bonds. The molecule has 2 aliphatic heterocycles. The van der Waals surface area contributed by atoms with Gasteiger partial charge in [-0.15, -0.1) is 0 Å². The van der Waals surface area contributed by atoms with Crippen molar-refractivity contribution in [1.29, 1.82) is 0 Å². The molecule has 1 saturated carbocycles. The number of aromatic nitrogens is 10. The number of nitrogens with one attached hydrogen (secondary N) is 9. The zero-order valence-electron chi connectivity index (χ0n) is 68.9. The molecule has 7 aromatic rings. The van der Waals surface area contributed by atoms with E-state index >= 15 is 0 Å². The number of anilines is 6. The van der Waals surface area contributed by atoms with Crippen molar-refractivity contribution in [2.24, 2.45) is 41.2 Å². The number of ether oxygens (including phenoxy) is 5. The molecule has 1 fully saturated rings. The summed E-state index contributed by atoms with van der Waals surface area (Å²) in [4.78, 5) is 171. The van der Waals surface area contributed by atoms with Gasteiger partial charge in [0.1, 0.15) is 6.61 Å². The molecule has 120 heavy (non-hydrogen) atoms. The van der Waals surface area contributed by atoms with E-state index < -0.39 is 41.4 Å². The van der Waals surface area contributed by atoms with Crippen molar-refractivity contribution in [2.45, 2.75) is 83.9 Å². The number of aryl methyl sites for hydroxylation is 5. The summed E-state index contributed by atoms with van der Waals surface area (Å²) in [6.07, 6.45) is 15.1. The van der Waals surface area contributed by atoms with E-state index in [1.807, 2.05) is 30.1 Å². The van der Waals surface area contributed by atoms with Crippen LogP contribution in [0.2, 0.25) is 0 Å². The smallest absolute Gasteiger partial charge is 0.292 e. The van der Waals surface area contributed by atoms with E-state index in [1.165, 1.54) is 67.9 Å². The van der Waals surface area contributed by atoms with Crippen LogP contribution in [0, 0.1) is 5.92 Å². The van der Waals surface area contributed by atoms with Gasteiger partial charge in [-0.25, -0.2) is 24.9 Å². The van der Waals surface area contributed by atoms with Crippen molar-refractivity contribution in [1.82, 2.24) is 84.1 Å². The highest BCUT2D eigenvalue weighted by molar-refractivity contribution is 6.04. The summed E-state index contributed by atoms with van der Waals surface area (Å²) in [5.74, 6) is -3.79. The Kier molecular flexibility index (Phi) is 34.0. The molecule has 3 aliphatic rings. The molecule has 646 valence electrons. The highest BCUT2D eigenvalue weighted by Gasteiger charge is 2.43. The first-order chi connectivity index (χ1) is 57.9. The van der Waals surface area contributed by atoms with E-state index in [9.17, 15) is 57.8 Å². The zero-order chi connectivity index (χ0) is 85.6. The summed E-state index contributed by atoms with van der Waals surface area (Å²) in [5.41, 5.74) is 6.08. The number of carbonyl (C=O) groups excluding carboxylic acids is 11. The summed E-state index contributed by atoms with van der Waals surface area (Å²) in [6.45, 7) is 9.18. The van der Waals surface area contributed by atoms with E-state index in [2.05, 4.69) is 113 Å². The second-order valence-corrected chi connectivity index (χ2v) is 29.2. The first-order valence-corrected chi connectivity index (χ1v) is 40.0. The molecule has 10 rings (SSSR count). The lowest BCUT2D eigenvalue weighted by molar-refractivity contribution is -0.136. The van der Waals surface area contributed by atoms with Crippen molar-refractivity contribution in [2.75, 3.05) is 170 Å². The van der Waals surface area contributed by atoms with Crippen molar-refractivity contribution in [3.8, 4) is 0 Å². The van der Waals surface area contributed by atoms with Gasteiger partial charge in [-0.2, -0.15) is 0 Å². The molecule has 0 radical (unpaired) electrons. The monoisotopic (exact) mass is 1660 g/mol. The number of rotatable bonds is 48. The SMILES string of the molecule is CC(=O)N1c2ccc(C3=CCN(C(=O)COCCOCCOCCOCCOCCC(=O)NCCCN(C)CCCNC(=O)CCNC(=O)c4nc(NC(=O)CCNC(=O)c5nc(NC(=O)c6nc(NC(=O)CCNC(=O)c7nc(NC(=O)c8nccn8C)cn7C)cn6C)cn5C)cn4C)CC3)cc2N(Cc2ccccc2CO)C[C@@H]1C1CC1. The number of hydrogen-bond acceptors (Lipinski definition) is 24. The molecule has 0 saturated heterocycles. The molecule has 5 aromatic heterocycles. The van der Waals surface area contributed by atoms with Crippen LogP contribution in [0.25, 0.3) is 5.57 Å². The van der Waals surface area contributed by atoms with Crippen LogP contribution in [-0.2, 0) is 101 Å². The molecule has 40 nitrogen and oxygen atoms in total. The zero-order valence-corrected chi connectivity index (χ0v) is 68.9. The summed E-state index contributed by atoms with van der Waals surface area (Å²) >= 11 is 0. The van der Waals surface area contributed by atoms with E-state index in [-0.39, 0.29) is 154 Å². The van der Waals surface area contributed by atoms with Gasteiger partial charge in [0.05, 0.1) is 83.5 Å². The second-order valence-electron chi connectivity index (χ2n) is 29.2. The number of aliphatic hydroxyl groups excluding tert-OH is 1. The van der Waals surface area contributed by atoms with Gasteiger partial charge >= 0.3 is 0 Å². The molecule has 0 spiro atoms. The largest absolute Gasteiger partial charge is 0.392 e. The van der Waals surface area contributed by atoms with Crippen molar-refractivity contribution in [3.63, 3.8) is 0 Å². The fourth-order valence-electron chi connectivity index (χ4n) is 13.5. The van der Waals surface area contributed by atoms with E-state index in [1.54, 1.807) is 39.2 Å². The summed E-state index contributed by atoms with van der Waals surface area (Å²) in [6, 6.07) is 14.4. The topological polar surface area (TPSA) is 464 Å². The number of amides is 11. The van der Waals surface area contributed by atoms with Gasteiger partial charge in [0.25, 0.3) is 29.5 Å². The minimum atomic E-state index is -0.710. The van der Waals surface area contributed by atoms with E-state index in [0.717, 1.165) is 66.0 Å². The van der Waals surface area contributed by atoms with Gasteiger partial charge < -0.3 is 119 Å². The van der Waals surface area contributed by atoms with E-state index in [4.69, 9.17) is 23.7 Å². The Bertz CT molecular complexity index is 4750. The highest BCUT2D eigenvalue weighted by Crippen LogP contribution is 2.46. The molecule has 1 aliphatic carbocycles. The molecular formula is C80H109N23O17. The predicted octanol–water partition coefficient (Wildman–Crippen LogP) is 1.87. The third-order valence-electron chi connectivity index (χ3n) is 19.9. The standard InChI is InChI=1S/C80H109N23O17/c1-53(105)103-59-17-16-56(44-60(59)102(46-61(103)55-14-15-55)45-57-12-8-9-13-58(57)51-104)54-21-32-101(33-22-54)70(110)52-120-43-42-119-41-40-118-39-38-117-37-36-116-35-23-67(107)82-25-11-31-95(2)30-10-24-81-66(106)18-26-84-76(111)72-89-62(47-97(72)4)87-68(108)19-27-86-78(113)74-92-65(50-99(74)6)94-80(115)75-90-63(48-100(75)7)88-69(109)20-28-85-77(112)73-91-64(49-98(73)5)93-79(114)71-83-29-34-96(71)3/h8-9,12-13,16-17,21,29,34,44,47-50,55,61,104H,10-11,14-15,18-20,22-28,30-33,35-43,45-46,51-52H2,1-7H3,(H,81,106)(H,82,107)(H,84,111)(H,85,112)(H,86,113)(H,87,108)(H,88,109)(H,93,114)(H,94,115)/t61-/m1/s1. The lowest BCUT2D eigenvalue weighted by Crippen LogP contribution is -2.52. The number of hydrogen-bond donors (Lipinski definition) is 10. The fraction of sp³-hybridized carbons (Fsp3) is 0.500. The lowest BCUT2D eigenvalue weighted by atomic mass is 9.95. The van der Waals surface area contributed by atoms with Crippen LogP contribution in [-0.4, -0.2) is 272 Å². The second kappa shape index (κ2) is 45.2. The molecule has 40 heteroatoms. The average molecular weight is 1660 g/mol. The van der Waals surface area contributed by atoms with Crippen molar-refractivity contribution < 1.29 is 81.5 Å². The van der Waals surface area contributed by atoms with Crippen LogP contribution >= 0.6 is 0 Å². The van der Waals surface area contributed by atoms with Gasteiger partial charge in [0.15, 0.2) is 29.1 Å². The number of aliphatic hydroxyl groups is 1. The Hall–Kier alpha value is -12.1. The maximum absolute atomic E-state index is 13.3. The van der Waals surface area contributed by atoms with Gasteiger partial charge in [-0.05, 0) is 92.6 Å². The normalized spacial score (nSPS) is 13.8. The lowest BCUT2D eigenvalue weighted by Gasteiger charge is -2.44. The van der Waals surface area contributed by atoms with Gasteiger partial charge in [0, 0.05) is 164 Å². The van der Waals surface area contributed by atoms with Gasteiger partial charge in [-0.1, -0.05) is 36.4 Å². The Morgan fingerprint density at radius 2 is 0.975 bits per heavy atom. The maximum Gasteiger partial charge on any atom is 0.292 e. The van der Waals surface area contributed by atoms with Crippen LogP contribution < -0.4 is 57.7 Å². The molecule has 7 heterocycles. The molecule has 0 bridgehead atoms. The van der Waals surface area contributed by atoms with Gasteiger partial charge in [0.2, 0.25) is 58.7 Å². The number of nitrogens with zero attached hydrogens (tertiary/aromatic N) is 14. The highest BCUT2D eigenvalue weighted by atomic mass is 16.6. The molecule has 10 N–H and O–H groups in total. The third kappa shape index (κ3) is 27.0. The molecule has 2 aromatic carbocycles. The quantitative estimate of drug-likeness (QED) is 0.0243. The van der Waals surface area contributed by atoms with Crippen LogP contribution in [0.5, 0.6) is 0 Å². The predicted molar refractivity (Wildman–Crippen MR) is 440 cm³/mol. The third-order valence-corrected chi connectivity index (χ3v) is 19.9. The van der Waals surface area contributed by atoms with Crippen LogP contribution in [0.4, 0.5) is 34.6 Å². The Labute approximate surface area is 694 Å². The van der Waals surface area contributed by atoms with Crippen molar-refractivity contribution in [3.05, 3.63) is 132 Å². The first kappa shape index (κ1) is 90.2. The van der Waals surface area contributed by atoms with Crippen LogP contribution in [0.15, 0.2) is 85.7 Å². The number of benzene rings is 2.